The van der Waals surface area contributed by atoms with E-state index in [9.17, 15) is 14.4 Å². The Bertz CT molecular complexity index is 1010. The molecule has 0 fully saturated rings. The van der Waals surface area contributed by atoms with Gasteiger partial charge in [0.25, 0.3) is 11.8 Å². The zero-order valence-electron chi connectivity index (χ0n) is 12.6. The molecule has 2 aromatic carbocycles. The predicted molar refractivity (Wildman–Crippen MR) is 95.6 cm³/mol. The molecular weight excluding hydrogens is 360 g/mol. The Kier molecular flexibility index (Phi) is 3.78. The third-order valence-corrected chi connectivity index (χ3v) is 5.87. The summed E-state index contributed by atoms with van der Waals surface area (Å²) in [5, 5.41) is 8.76. The number of fused-ring (bicyclic) bond motifs is 2. The number of thioether (sulfide) groups is 1. The quantitative estimate of drug-likeness (QED) is 0.560. The van der Waals surface area contributed by atoms with Crippen LogP contribution in [0, 0.1) is 0 Å². The molecule has 1 aromatic heterocycles. The number of rotatable bonds is 4. The number of hydrogen-bond donors (Lipinski definition) is 1. The fourth-order valence-corrected chi connectivity index (χ4v) is 4.46. The van der Waals surface area contributed by atoms with Crippen molar-refractivity contribution < 1.29 is 19.5 Å². The third kappa shape index (κ3) is 2.69. The third-order valence-electron chi connectivity index (χ3n) is 3.72. The smallest absolute Gasteiger partial charge is 0.313 e. The Balaban J connectivity index is 1.69. The lowest BCUT2D eigenvalue weighted by Crippen LogP contribution is -2.29. The van der Waals surface area contributed by atoms with Gasteiger partial charge in [-0.05, 0) is 30.3 Å². The molecule has 2 amide bonds. The van der Waals surface area contributed by atoms with Gasteiger partial charge in [0.15, 0.2) is 4.34 Å². The molecule has 6 nitrogen and oxygen atoms in total. The first-order chi connectivity index (χ1) is 12.0. The highest BCUT2D eigenvalue weighted by molar-refractivity contribution is 8.01. The molecule has 0 bridgehead atoms. The molecule has 2 heterocycles. The van der Waals surface area contributed by atoms with Gasteiger partial charge in [-0.3, -0.25) is 14.4 Å². The number of imide groups is 1. The SMILES string of the molecule is O=C(O)CSc1nc2ccc(N3C(=O)c4ccccc4C3=O)cc2s1. The minimum atomic E-state index is -0.907. The number of thiazole rings is 1. The first-order valence-electron chi connectivity index (χ1n) is 7.27. The molecule has 8 heteroatoms. The van der Waals surface area contributed by atoms with Crippen LogP contribution in [0.5, 0.6) is 0 Å². The number of carbonyl (C=O) groups is 3. The van der Waals surface area contributed by atoms with Crippen molar-refractivity contribution in [3.05, 3.63) is 53.6 Å². The molecule has 4 rings (SSSR count). The van der Waals surface area contributed by atoms with Crippen LogP contribution in [-0.2, 0) is 4.79 Å². The van der Waals surface area contributed by atoms with Crippen LogP contribution in [0.3, 0.4) is 0 Å². The summed E-state index contributed by atoms with van der Waals surface area (Å²) in [5.41, 5.74) is 1.99. The minimum Gasteiger partial charge on any atom is -0.481 e. The van der Waals surface area contributed by atoms with Gasteiger partial charge in [-0.1, -0.05) is 23.9 Å². The maximum Gasteiger partial charge on any atom is 0.313 e. The van der Waals surface area contributed by atoms with Gasteiger partial charge in [0.05, 0.1) is 32.8 Å². The van der Waals surface area contributed by atoms with Gasteiger partial charge in [0.1, 0.15) is 0 Å². The van der Waals surface area contributed by atoms with E-state index in [4.69, 9.17) is 5.11 Å². The van der Waals surface area contributed by atoms with Gasteiger partial charge in [-0.25, -0.2) is 9.88 Å². The molecule has 1 N–H and O–H groups in total. The molecule has 0 unspecified atom stereocenters. The maximum atomic E-state index is 12.5. The lowest BCUT2D eigenvalue weighted by atomic mass is 10.1. The summed E-state index contributed by atoms with van der Waals surface area (Å²) in [7, 11) is 0. The van der Waals surface area contributed by atoms with Gasteiger partial charge in [-0.15, -0.1) is 11.3 Å². The van der Waals surface area contributed by atoms with Crippen molar-refractivity contribution in [1.29, 1.82) is 0 Å². The van der Waals surface area contributed by atoms with E-state index in [1.54, 1.807) is 42.5 Å². The van der Waals surface area contributed by atoms with Gasteiger partial charge >= 0.3 is 5.97 Å². The van der Waals surface area contributed by atoms with Crippen LogP contribution in [0.4, 0.5) is 5.69 Å². The summed E-state index contributed by atoms with van der Waals surface area (Å²) in [5.74, 6) is -1.66. The van der Waals surface area contributed by atoms with Crippen LogP contribution >= 0.6 is 23.1 Å². The lowest BCUT2D eigenvalue weighted by molar-refractivity contribution is -0.133. The number of nitrogens with zero attached hydrogens (tertiary/aromatic N) is 2. The number of carboxylic acid groups (broad SMARTS) is 1. The second-order valence-corrected chi connectivity index (χ2v) is 7.56. The number of benzene rings is 2. The first kappa shape index (κ1) is 15.8. The number of anilines is 1. The van der Waals surface area contributed by atoms with Crippen molar-refractivity contribution in [1.82, 2.24) is 4.98 Å². The van der Waals surface area contributed by atoms with Gasteiger partial charge in [0.2, 0.25) is 0 Å². The zero-order valence-corrected chi connectivity index (χ0v) is 14.3. The van der Waals surface area contributed by atoms with Crippen LogP contribution in [0.1, 0.15) is 20.7 Å². The zero-order chi connectivity index (χ0) is 17.6. The molecule has 25 heavy (non-hydrogen) atoms. The number of carboxylic acids is 1. The highest BCUT2D eigenvalue weighted by Crippen LogP contribution is 2.34. The Morgan fingerprint density at radius 2 is 1.80 bits per heavy atom. The van der Waals surface area contributed by atoms with Gasteiger partial charge in [-0.2, -0.15) is 0 Å². The maximum absolute atomic E-state index is 12.5. The summed E-state index contributed by atoms with van der Waals surface area (Å²) < 4.78 is 1.43. The number of aliphatic carboxylic acids is 1. The summed E-state index contributed by atoms with van der Waals surface area (Å²) in [6.07, 6.45) is 0. The van der Waals surface area contributed by atoms with Crippen molar-refractivity contribution in [3.8, 4) is 0 Å². The fourth-order valence-electron chi connectivity index (χ4n) is 2.64. The van der Waals surface area contributed by atoms with Gasteiger partial charge < -0.3 is 5.11 Å². The predicted octanol–water partition coefficient (Wildman–Crippen LogP) is 3.27. The fraction of sp³-hybridized carbons (Fsp3) is 0.0588. The second-order valence-electron chi connectivity index (χ2n) is 5.31. The molecule has 0 spiro atoms. The molecular formula is C17H10N2O4S2. The van der Waals surface area contributed by atoms with E-state index in [-0.39, 0.29) is 17.6 Å². The average Bonchev–Trinajstić information content (AvgIpc) is 3.12. The van der Waals surface area contributed by atoms with E-state index in [2.05, 4.69) is 4.98 Å². The Labute approximate surface area is 150 Å². The standard InChI is InChI=1S/C17H10N2O4S2/c20-14(21)8-24-17-18-12-6-5-9(7-13(12)25-17)19-15(22)10-3-1-2-4-11(10)16(19)23/h1-7H,8H2,(H,20,21). The first-order valence-corrected chi connectivity index (χ1v) is 9.08. The molecule has 0 atom stereocenters. The molecule has 0 radical (unpaired) electrons. The number of amides is 2. The topological polar surface area (TPSA) is 87.6 Å². The molecule has 0 saturated carbocycles. The van der Waals surface area contributed by atoms with Crippen LogP contribution in [-0.4, -0.2) is 33.6 Å². The molecule has 0 saturated heterocycles. The van der Waals surface area contributed by atoms with Gasteiger partial charge in [0, 0.05) is 0 Å². The molecule has 3 aromatic rings. The van der Waals surface area contributed by atoms with E-state index < -0.39 is 5.97 Å². The molecule has 1 aliphatic rings. The van der Waals surface area contributed by atoms with E-state index in [0.29, 0.717) is 26.7 Å². The highest BCUT2D eigenvalue weighted by Gasteiger charge is 2.36. The molecule has 0 aliphatic carbocycles. The largest absolute Gasteiger partial charge is 0.481 e. The number of carbonyl (C=O) groups excluding carboxylic acids is 2. The van der Waals surface area contributed by atoms with Crippen LogP contribution in [0.15, 0.2) is 46.8 Å². The van der Waals surface area contributed by atoms with Crippen LogP contribution < -0.4 is 4.90 Å². The van der Waals surface area contributed by atoms with E-state index in [1.165, 1.54) is 11.3 Å². The van der Waals surface area contributed by atoms with Crippen molar-refractivity contribution in [2.24, 2.45) is 0 Å². The highest BCUT2D eigenvalue weighted by atomic mass is 32.2. The van der Waals surface area contributed by atoms with Crippen LogP contribution in [0.2, 0.25) is 0 Å². The van der Waals surface area contributed by atoms with Crippen LogP contribution in [0.25, 0.3) is 10.2 Å². The van der Waals surface area contributed by atoms with E-state index in [1.807, 2.05) is 0 Å². The summed E-state index contributed by atoms with van der Waals surface area (Å²) in [4.78, 5) is 41.3. The van der Waals surface area contributed by atoms with E-state index >= 15 is 0 Å². The summed E-state index contributed by atoms with van der Waals surface area (Å²) in [6, 6.07) is 11.9. The summed E-state index contributed by atoms with van der Waals surface area (Å²) in [6.45, 7) is 0. The van der Waals surface area contributed by atoms with Crippen molar-refractivity contribution >= 4 is 56.8 Å². The van der Waals surface area contributed by atoms with Crippen molar-refractivity contribution in [2.75, 3.05) is 10.7 Å². The Hall–Kier alpha value is -2.71. The number of aromatic nitrogens is 1. The van der Waals surface area contributed by atoms with Crippen molar-refractivity contribution in [3.63, 3.8) is 0 Å². The monoisotopic (exact) mass is 370 g/mol. The normalized spacial score (nSPS) is 13.5. The minimum absolute atomic E-state index is 0.0644. The second kappa shape index (κ2) is 5.98. The molecule has 1 aliphatic heterocycles. The Morgan fingerprint density at radius 3 is 2.44 bits per heavy atom. The average molecular weight is 370 g/mol. The Morgan fingerprint density at radius 1 is 1.12 bits per heavy atom. The summed E-state index contributed by atoms with van der Waals surface area (Å²) >= 11 is 2.48. The van der Waals surface area contributed by atoms with Crippen molar-refractivity contribution in [2.45, 2.75) is 4.34 Å². The number of hydrogen-bond acceptors (Lipinski definition) is 6. The lowest BCUT2D eigenvalue weighted by Gasteiger charge is -2.13. The van der Waals surface area contributed by atoms with E-state index in [0.717, 1.165) is 21.4 Å². The molecule has 124 valence electrons.